The van der Waals surface area contributed by atoms with Crippen molar-refractivity contribution in [3.05, 3.63) is 59.6 Å². The average Bonchev–Trinajstić information content (AvgIpc) is 2.57. The normalized spacial score (nSPS) is 11.6. The number of rotatable bonds is 8. The molecule has 0 radical (unpaired) electrons. The first-order chi connectivity index (χ1) is 11.2. The minimum Gasteiger partial charge on any atom is -0.492 e. The molecule has 122 valence electrons. The van der Waals surface area contributed by atoms with Crippen molar-refractivity contribution in [2.45, 2.75) is 19.4 Å². The molecule has 2 rings (SSSR count). The number of ether oxygens (including phenoxy) is 2. The number of hydrogen-bond acceptors (Lipinski definition) is 3. The zero-order chi connectivity index (χ0) is 16.5. The van der Waals surface area contributed by atoms with Gasteiger partial charge in [0.2, 0.25) is 0 Å². The quantitative estimate of drug-likeness (QED) is 0.749. The van der Waals surface area contributed by atoms with Crippen LogP contribution in [0.4, 0.5) is 0 Å². The SMILES string of the molecule is CC[C@@H](Oc1cccc(Cl)c1)C(=O)NCCOc1ccccc1. The molecule has 0 aromatic heterocycles. The van der Waals surface area contributed by atoms with E-state index in [9.17, 15) is 4.79 Å². The van der Waals surface area contributed by atoms with Gasteiger partial charge < -0.3 is 14.8 Å². The van der Waals surface area contributed by atoms with Gasteiger partial charge in [0.05, 0.1) is 6.54 Å². The van der Waals surface area contributed by atoms with E-state index in [1.165, 1.54) is 0 Å². The fourth-order valence-electron chi connectivity index (χ4n) is 2.00. The summed E-state index contributed by atoms with van der Waals surface area (Å²) in [7, 11) is 0. The largest absolute Gasteiger partial charge is 0.492 e. The van der Waals surface area contributed by atoms with Gasteiger partial charge in [-0.15, -0.1) is 0 Å². The van der Waals surface area contributed by atoms with E-state index in [2.05, 4.69) is 5.32 Å². The molecule has 0 aliphatic heterocycles. The molecule has 0 saturated heterocycles. The molecular formula is C18H20ClNO3. The third kappa shape index (κ3) is 5.83. The minimum atomic E-state index is -0.551. The molecule has 23 heavy (non-hydrogen) atoms. The van der Waals surface area contributed by atoms with Gasteiger partial charge in [0.15, 0.2) is 6.10 Å². The standard InChI is InChI=1S/C18H20ClNO3/c1-2-17(23-16-10-6-7-14(19)13-16)18(21)20-11-12-22-15-8-4-3-5-9-15/h3-10,13,17H,2,11-12H2,1H3,(H,20,21)/t17-/m1/s1. The van der Waals surface area contributed by atoms with E-state index in [4.69, 9.17) is 21.1 Å². The Bertz CT molecular complexity index is 619. The van der Waals surface area contributed by atoms with Gasteiger partial charge >= 0.3 is 0 Å². The van der Waals surface area contributed by atoms with E-state index < -0.39 is 6.10 Å². The predicted octanol–water partition coefficient (Wildman–Crippen LogP) is 3.69. The summed E-state index contributed by atoms with van der Waals surface area (Å²) in [6, 6.07) is 16.5. The van der Waals surface area contributed by atoms with Crippen LogP contribution in [0.2, 0.25) is 5.02 Å². The number of nitrogens with one attached hydrogen (secondary N) is 1. The average molecular weight is 334 g/mol. The zero-order valence-electron chi connectivity index (χ0n) is 13.0. The smallest absolute Gasteiger partial charge is 0.261 e. The van der Waals surface area contributed by atoms with Gasteiger partial charge in [0, 0.05) is 5.02 Å². The Hall–Kier alpha value is -2.20. The summed E-state index contributed by atoms with van der Waals surface area (Å²) in [6.07, 6.45) is 0.0166. The maximum atomic E-state index is 12.2. The summed E-state index contributed by atoms with van der Waals surface area (Å²) < 4.78 is 11.2. The second-order valence-corrected chi connectivity index (χ2v) is 5.36. The Balaban J connectivity index is 1.76. The highest BCUT2D eigenvalue weighted by atomic mass is 35.5. The summed E-state index contributed by atoms with van der Waals surface area (Å²) in [4.78, 5) is 12.2. The van der Waals surface area contributed by atoms with Crippen molar-refractivity contribution in [3.63, 3.8) is 0 Å². The molecule has 0 aliphatic rings. The first kappa shape index (κ1) is 17.2. The van der Waals surface area contributed by atoms with Crippen LogP contribution in [0.15, 0.2) is 54.6 Å². The van der Waals surface area contributed by atoms with Crippen molar-refractivity contribution >= 4 is 17.5 Å². The van der Waals surface area contributed by atoms with E-state index >= 15 is 0 Å². The van der Waals surface area contributed by atoms with Crippen LogP contribution in [-0.4, -0.2) is 25.2 Å². The van der Waals surface area contributed by atoms with E-state index in [1.54, 1.807) is 24.3 Å². The first-order valence-electron chi connectivity index (χ1n) is 7.57. The highest BCUT2D eigenvalue weighted by Crippen LogP contribution is 2.19. The highest BCUT2D eigenvalue weighted by molar-refractivity contribution is 6.30. The van der Waals surface area contributed by atoms with Gasteiger partial charge in [-0.1, -0.05) is 42.8 Å². The van der Waals surface area contributed by atoms with Crippen molar-refractivity contribution in [2.24, 2.45) is 0 Å². The molecule has 0 fully saturated rings. The number of benzene rings is 2. The van der Waals surface area contributed by atoms with Gasteiger partial charge in [-0.3, -0.25) is 4.79 Å². The van der Waals surface area contributed by atoms with Crippen molar-refractivity contribution in [1.82, 2.24) is 5.32 Å². The summed E-state index contributed by atoms with van der Waals surface area (Å²) in [5.41, 5.74) is 0. The third-order valence-corrected chi connectivity index (χ3v) is 3.39. The molecular weight excluding hydrogens is 314 g/mol. The molecule has 0 spiro atoms. The summed E-state index contributed by atoms with van der Waals surface area (Å²) in [5, 5.41) is 3.39. The fourth-order valence-corrected chi connectivity index (χ4v) is 2.18. The highest BCUT2D eigenvalue weighted by Gasteiger charge is 2.17. The molecule has 4 nitrogen and oxygen atoms in total. The van der Waals surface area contributed by atoms with Gasteiger partial charge in [-0.25, -0.2) is 0 Å². The summed E-state index contributed by atoms with van der Waals surface area (Å²) in [5.74, 6) is 1.20. The number of para-hydroxylation sites is 1. The lowest BCUT2D eigenvalue weighted by Crippen LogP contribution is -2.39. The van der Waals surface area contributed by atoms with Crippen molar-refractivity contribution in [1.29, 1.82) is 0 Å². The fraction of sp³-hybridized carbons (Fsp3) is 0.278. The van der Waals surface area contributed by atoms with E-state index in [-0.39, 0.29) is 5.91 Å². The Morgan fingerprint density at radius 2 is 1.87 bits per heavy atom. The molecule has 2 aromatic rings. The van der Waals surface area contributed by atoms with E-state index in [1.807, 2.05) is 37.3 Å². The van der Waals surface area contributed by atoms with Gasteiger partial charge in [0.25, 0.3) is 5.91 Å². The number of hydrogen-bond donors (Lipinski definition) is 1. The molecule has 2 aromatic carbocycles. The van der Waals surface area contributed by atoms with Crippen LogP contribution in [0.1, 0.15) is 13.3 Å². The lowest BCUT2D eigenvalue weighted by molar-refractivity contribution is -0.128. The van der Waals surface area contributed by atoms with Gasteiger partial charge in [0.1, 0.15) is 18.1 Å². The molecule has 1 N–H and O–H groups in total. The van der Waals surface area contributed by atoms with Crippen molar-refractivity contribution < 1.29 is 14.3 Å². The Kier molecular flexibility index (Phi) is 6.76. The maximum absolute atomic E-state index is 12.2. The molecule has 1 atom stereocenters. The van der Waals surface area contributed by atoms with Crippen LogP contribution >= 0.6 is 11.6 Å². The van der Waals surface area contributed by atoms with Gasteiger partial charge in [-0.05, 0) is 36.8 Å². The lowest BCUT2D eigenvalue weighted by Gasteiger charge is -2.17. The molecule has 5 heteroatoms. The van der Waals surface area contributed by atoms with Crippen LogP contribution in [0.25, 0.3) is 0 Å². The topological polar surface area (TPSA) is 47.6 Å². The molecule has 0 unspecified atom stereocenters. The maximum Gasteiger partial charge on any atom is 0.261 e. The second-order valence-electron chi connectivity index (χ2n) is 4.92. The van der Waals surface area contributed by atoms with Crippen LogP contribution < -0.4 is 14.8 Å². The summed E-state index contributed by atoms with van der Waals surface area (Å²) >= 11 is 5.91. The number of halogens is 1. The number of carbonyl (C=O) groups is 1. The molecule has 0 bridgehead atoms. The van der Waals surface area contributed by atoms with E-state index in [0.29, 0.717) is 30.3 Å². The van der Waals surface area contributed by atoms with E-state index in [0.717, 1.165) is 5.75 Å². The zero-order valence-corrected chi connectivity index (χ0v) is 13.8. The van der Waals surface area contributed by atoms with Crippen molar-refractivity contribution in [3.8, 4) is 11.5 Å². The number of carbonyl (C=O) groups excluding carboxylic acids is 1. The first-order valence-corrected chi connectivity index (χ1v) is 7.94. The lowest BCUT2D eigenvalue weighted by atomic mass is 10.2. The Labute approximate surface area is 141 Å². The molecule has 0 heterocycles. The third-order valence-electron chi connectivity index (χ3n) is 3.15. The predicted molar refractivity (Wildman–Crippen MR) is 91.1 cm³/mol. The second kappa shape index (κ2) is 9.06. The molecule has 1 amide bonds. The van der Waals surface area contributed by atoms with Crippen molar-refractivity contribution in [2.75, 3.05) is 13.2 Å². The monoisotopic (exact) mass is 333 g/mol. The Morgan fingerprint density at radius 3 is 2.57 bits per heavy atom. The molecule has 0 saturated carbocycles. The minimum absolute atomic E-state index is 0.163. The summed E-state index contributed by atoms with van der Waals surface area (Å²) in [6.45, 7) is 2.72. The van der Waals surface area contributed by atoms with Gasteiger partial charge in [-0.2, -0.15) is 0 Å². The number of amides is 1. The van der Waals surface area contributed by atoms with Crippen LogP contribution in [-0.2, 0) is 4.79 Å². The van der Waals surface area contributed by atoms with Crippen LogP contribution in [0.3, 0.4) is 0 Å². The van der Waals surface area contributed by atoms with Crippen LogP contribution in [0.5, 0.6) is 11.5 Å². The molecule has 0 aliphatic carbocycles. The van der Waals surface area contributed by atoms with Crippen LogP contribution in [0, 0.1) is 0 Å². The Morgan fingerprint density at radius 1 is 1.13 bits per heavy atom.